The maximum Gasteiger partial charge on any atom is 0.415 e. The second-order valence-corrected chi connectivity index (χ2v) is 5.59. The van der Waals surface area contributed by atoms with E-state index in [1.165, 1.54) is 18.7 Å². The summed E-state index contributed by atoms with van der Waals surface area (Å²) in [6.07, 6.45) is 1.08. The Kier molecular flexibility index (Phi) is 7.18. The second-order valence-electron chi connectivity index (χ2n) is 4.25. The maximum absolute atomic E-state index is 12.1. The maximum atomic E-state index is 12.1. The van der Waals surface area contributed by atoms with Crippen molar-refractivity contribution in [3.8, 4) is 0 Å². The number of thioether (sulfide) groups is 1. The smallest absolute Gasteiger partial charge is 0.415 e. The lowest BCUT2D eigenvalue weighted by atomic mass is 10.2. The van der Waals surface area contributed by atoms with E-state index in [1.807, 2.05) is 36.6 Å². The number of thiocarbonyl (C=S) groups is 1. The van der Waals surface area contributed by atoms with E-state index in [0.29, 0.717) is 5.75 Å². The van der Waals surface area contributed by atoms with Crippen molar-refractivity contribution in [1.82, 2.24) is 4.90 Å². The Balaban J connectivity index is 2.75. The molecule has 1 aromatic carbocycles. The van der Waals surface area contributed by atoms with Crippen LogP contribution in [0, 0.1) is 0 Å². The summed E-state index contributed by atoms with van der Waals surface area (Å²) in [7, 11) is 0. The molecule has 0 aromatic heterocycles. The molecule has 0 unspecified atom stereocenters. The molecule has 114 valence electrons. The molecule has 1 rings (SSSR count). The molecule has 1 N–H and O–H groups in total. The van der Waals surface area contributed by atoms with Gasteiger partial charge in [-0.05, 0) is 18.7 Å². The van der Waals surface area contributed by atoms with Crippen molar-refractivity contribution in [3.63, 3.8) is 0 Å². The summed E-state index contributed by atoms with van der Waals surface area (Å²) in [5, 5.41) is 9.09. The molecule has 0 saturated heterocycles. The molecule has 21 heavy (non-hydrogen) atoms. The number of carboxylic acids is 1. The lowest BCUT2D eigenvalue weighted by Gasteiger charge is -2.25. The van der Waals surface area contributed by atoms with Crippen molar-refractivity contribution >= 4 is 41.0 Å². The molecular formula is C14H17NO4S2. The minimum Gasteiger partial charge on any atom is -0.480 e. The van der Waals surface area contributed by atoms with Gasteiger partial charge < -0.3 is 9.84 Å². The quantitative estimate of drug-likeness (QED) is 0.811. The molecule has 5 nitrogen and oxygen atoms in total. The third-order valence-corrected chi connectivity index (χ3v) is 3.77. The van der Waals surface area contributed by atoms with Gasteiger partial charge in [0.2, 0.25) is 0 Å². The van der Waals surface area contributed by atoms with E-state index in [2.05, 4.69) is 0 Å². The van der Waals surface area contributed by atoms with Crippen LogP contribution in [0.15, 0.2) is 30.3 Å². The average molecular weight is 327 g/mol. The van der Waals surface area contributed by atoms with Gasteiger partial charge in [-0.15, -0.1) is 0 Å². The highest BCUT2D eigenvalue weighted by molar-refractivity contribution is 8.00. The topological polar surface area (TPSA) is 66.8 Å². The van der Waals surface area contributed by atoms with Crippen LogP contribution in [-0.4, -0.2) is 45.1 Å². The summed E-state index contributed by atoms with van der Waals surface area (Å²) in [5.41, 5.74) is 0.824. The van der Waals surface area contributed by atoms with Gasteiger partial charge in [-0.25, -0.2) is 9.59 Å². The molecule has 0 radical (unpaired) electrons. The zero-order chi connectivity index (χ0) is 15.8. The summed E-state index contributed by atoms with van der Waals surface area (Å²) >= 11 is 6.53. The van der Waals surface area contributed by atoms with Crippen LogP contribution >= 0.6 is 24.0 Å². The van der Waals surface area contributed by atoms with Gasteiger partial charge in [0.25, 0.3) is 0 Å². The number of hydrogen-bond acceptors (Lipinski definition) is 5. The van der Waals surface area contributed by atoms with E-state index in [1.54, 1.807) is 0 Å². The molecule has 1 aromatic rings. The molecule has 0 saturated carbocycles. The van der Waals surface area contributed by atoms with Gasteiger partial charge in [0.15, 0.2) is 0 Å². The molecule has 1 amide bonds. The number of carboxylic acid groups (broad SMARTS) is 1. The average Bonchev–Trinajstić information content (AvgIpc) is 2.46. The molecule has 1 atom stereocenters. The van der Waals surface area contributed by atoms with Crippen molar-refractivity contribution < 1.29 is 19.4 Å². The van der Waals surface area contributed by atoms with Gasteiger partial charge in [0, 0.05) is 5.75 Å². The Hall–Kier alpha value is -1.60. The molecule has 0 spiro atoms. The van der Waals surface area contributed by atoms with E-state index >= 15 is 0 Å². The SMILES string of the molecule is CSCC(=S)N(C(=O)OCc1ccccc1)[C@@H](C)C(=O)O. The van der Waals surface area contributed by atoms with Crippen molar-refractivity contribution in [1.29, 1.82) is 0 Å². The molecule has 0 bridgehead atoms. The first-order valence-electron chi connectivity index (χ1n) is 6.21. The van der Waals surface area contributed by atoms with Crippen molar-refractivity contribution in [2.75, 3.05) is 12.0 Å². The van der Waals surface area contributed by atoms with Crippen LogP contribution in [0.2, 0.25) is 0 Å². The number of hydrogen-bond donors (Lipinski definition) is 1. The molecule has 0 heterocycles. The molecule has 0 aliphatic carbocycles. The van der Waals surface area contributed by atoms with E-state index in [9.17, 15) is 9.59 Å². The summed E-state index contributed by atoms with van der Waals surface area (Å²) in [6, 6.07) is 8.10. The highest BCUT2D eigenvalue weighted by Gasteiger charge is 2.30. The first-order chi connectivity index (χ1) is 9.97. The minimum atomic E-state index is -1.13. The molecule has 0 aliphatic heterocycles. The first-order valence-corrected chi connectivity index (χ1v) is 8.02. The summed E-state index contributed by atoms with van der Waals surface area (Å²) in [5.74, 6) is -0.747. The summed E-state index contributed by atoms with van der Waals surface area (Å²) in [4.78, 5) is 24.5. The predicted octanol–water partition coefficient (Wildman–Crippen LogP) is 2.79. The lowest BCUT2D eigenvalue weighted by molar-refractivity contribution is -0.140. The Morgan fingerprint density at radius 1 is 1.38 bits per heavy atom. The van der Waals surface area contributed by atoms with Crippen molar-refractivity contribution in [2.45, 2.75) is 19.6 Å². The Morgan fingerprint density at radius 3 is 2.52 bits per heavy atom. The van der Waals surface area contributed by atoms with Gasteiger partial charge in [-0.2, -0.15) is 11.8 Å². The van der Waals surface area contributed by atoms with Crippen LogP contribution in [-0.2, 0) is 16.1 Å². The number of carbonyl (C=O) groups is 2. The number of aliphatic carboxylic acids is 1. The van der Waals surface area contributed by atoms with Crippen LogP contribution in [0.5, 0.6) is 0 Å². The summed E-state index contributed by atoms with van der Waals surface area (Å²) in [6.45, 7) is 1.48. The molecule has 0 aliphatic rings. The Labute approximate surface area is 133 Å². The predicted molar refractivity (Wildman–Crippen MR) is 86.5 cm³/mol. The zero-order valence-electron chi connectivity index (χ0n) is 11.8. The number of ether oxygens (including phenoxy) is 1. The highest BCUT2D eigenvalue weighted by atomic mass is 32.2. The van der Waals surface area contributed by atoms with Gasteiger partial charge in [0.05, 0.1) is 4.99 Å². The fraction of sp³-hybridized carbons (Fsp3) is 0.357. The third-order valence-electron chi connectivity index (χ3n) is 2.68. The van der Waals surface area contributed by atoms with Gasteiger partial charge >= 0.3 is 12.1 Å². The van der Waals surface area contributed by atoms with Gasteiger partial charge in [0.1, 0.15) is 12.6 Å². The van der Waals surface area contributed by atoms with Crippen molar-refractivity contribution in [3.05, 3.63) is 35.9 Å². The van der Waals surface area contributed by atoms with Gasteiger partial charge in [-0.3, -0.25) is 4.90 Å². The van der Waals surface area contributed by atoms with Crippen molar-refractivity contribution in [2.24, 2.45) is 0 Å². The lowest BCUT2D eigenvalue weighted by Crippen LogP contribution is -2.47. The monoisotopic (exact) mass is 327 g/mol. The van der Waals surface area contributed by atoms with E-state index in [-0.39, 0.29) is 11.6 Å². The molecule has 7 heteroatoms. The fourth-order valence-corrected chi connectivity index (χ4v) is 2.54. The highest BCUT2D eigenvalue weighted by Crippen LogP contribution is 2.10. The number of benzene rings is 1. The molecule has 0 fully saturated rings. The van der Waals surface area contributed by atoms with Crippen LogP contribution < -0.4 is 0 Å². The summed E-state index contributed by atoms with van der Waals surface area (Å²) < 4.78 is 5.16. The molecular weight excluding hydrogens is 310 g/mol. The van der Waals surface area contributed by atoms with Gasteiger partial charge in [-0.1, -0.05) is 42.5 Å². The van der Waals surface area contributed by atoms with Crippen LogP contribution in [0.25, 0.3) is 0 Å². The number of nitrogens with zero attached hydrogens (tertiary/aromatic N) is 1. The van der Waals surface area contributed by atoms with E-state index < -0.39 is 18.1 Å². The van der Waals surface area contributed by atoms with Crippen LogP contribution in [0.4, 0.5) is 4.79 Å². The Morgan fingerprint density at radius 2 is 2.00 bits per heavy atom. The largest absolute Gasteiger partial charge is 0.480 e. The standard InChI is InChI=1S/C14H17NO4S2/c1-10(13(16)17)15(12(20)9-21-2)14(18)19-8-11-6-4-3-5-7-11/h3-7,10H,8-9H2,1-2H3,(H,16,17)/t10-/m0/s1. The number of carbonyl (C=O) groups excluding carboxylic acids is 1. The van der Waals surface area contributed by atoms with E-state index in [4.69, 9.17) is 22.1 Å². The fourth-order valence-electron chi connectivity index (χ4n) is 1.57. The number of amides is 1. The zero-order valence-corrected chi connectivity index (χ0v) is 13.4. The third kappa shape index (κ3) is 5.35. The first kappa shape index (κ1) is 17.5. The normalized spacial score (nSPS) is 11.5. The minimum absolute atomic E-state index is 0.0738. The van der Waals surface area contributed by atoms with E-state index in [0.717, 1.165) is 10.5 Å². The number of rotatable bonds is 6. The van der Waals surface area contributed by atoms with Crippen LogP contribution in [0.3, 0.4) is 0 Å². The second kappa shape index (κ2) is 8.63. The Bertz CT molecular complexity index is 507. The van der Waals surface area contributed by atoms with Crippen LogP contribution in [0.1, 0.15) is 12.5 Å².